The van der Waals surface area contributed by atoms with E-state index in [2.05, 4.69) is 38.2 Å². The van der Waals surface area contributed by atoms with E-state index in [1.54, 1.807) is 15.8 Å². The number of urea groups is 1. The molecule has 0 saturated carbocycles. The zero-order chi connectivity index (χ0) is 24.1. The quantitative estimate of drug-likeness (QED) is 0.460. The number of hydrogen-bond donors (Lipinski definition) is 2. The summed E-state index contributed by atoms with van der Waals surface area (Å²) in [7, 11) is 0. The number of aryl methyl sites for hydroxylation is 2. The minimum absolute atomic E-state index is 0.233. The summed E-state index contributed by atoms with van der Waals surface area (Å²) < 4.78 is 1.74. The highest BCUT2D eigenvalue weighted by Crippen LogP contribution is 2.21. The standard InChI is InChI=1S/C25H27N7O2/c1-4-12-32-16-27-22-23(26)28-21(29-24(22)32)7-5-6-19-10-13-31(14-11-19)25(33)30-34-20-9-8-17(2)18(3)15-20/h1,8-9,15-16,19H,6,10-14H2,2-3H3,(H,30,33)(H2,26,28,29). The normalized spacial score (nSPS) is 13.7. The van der Waals surface area contributed by atoms with E-state index in [1.165, 1.54) is 5.56 Å². The number of hydrogen-bond acceptors (Lipinski definition) is 6. The lowest BCUT2D eigenvalue weighted by Crippen LogP contribution is -2.45. The lowest BCUT2D eigenvalue weighted by molar-refractivity contribution is 0.127. The van der Waals surface area contributed by atoms with E-state index in [0.717, 1.165) is 18.4 Å². The Labute approximate surface area is 198 Å². The molecule has 0 bridgehead atoms. The van der Waals surface area contributed by atoms with Crippen molar-refractivity contribution in [3.63, 3.8) is 0 Å². The van der Waals surface area contributed by atoms with Crippen molar-refractivity contribution >= 4 is 23.0 Å². The Kier molecular flexibility index (Phi) is 6.84. The first kappa shape index (κ1) is 22.9. The van der Waals surface area contributed by atoms with Gasteiger partial charge in [-0.25, -0.2) is 19.7 Å². The molecule has 3 aromatic rings. The summed E-state index contributed by atoms with van der Waals surface area (Å²) in [6, 6.07) is 5.47. The molecule has 0 radical (unpaired) electrons. The highest BCUT2D eigenvalue weighted by molar-refractivity contribution is 5.82. The van der Waals surface area contributed by atoms with Crippen molar-refractivity contribution in [2.75, 3.05) is 18.8 Å². The van der Waals surface area contributed by atoms with Gasteiger partial charge in [-0.15, -0.1) is 6.42 Å². The van der Waals surface area contributed by atoms with Gasteiger partial charge in [-0.2, -0.15) is 5.48 Å². The third-order valence-corrected chi connectivity index (χ3v) is 5.98. The molecule has 1 fully saturated rings. The van der Waals surface area contributed by atoms with Gasteiger partial charge in [-0.1, -0.05) is 17.9 Å². The molecule has 4 rings (SSSR count). The molecule has 1 aromatic carbocycles. The Balaban J connectivity index is 1.28. The highest BCUT2D eigenvalue weighted by Gasteiger charge is 2.22. The van der Waals surface area contributed by atoms with Crippen LogP contribution in [0.2, 0.25) is 0 Å². The van der Waals surface area contributed by atoms with Gasteiger partial charge in [0.05, 0.1) is 12.9 Å². The van der Waals surface area contributed by atoms with Crippen LogP contribution in [0.4, 0.5) is 10.6 Å². The molecule has 3 N–H and O–H groups in total. The Morgan fingerprint density at radius 3 is 2.79 bits per heavy atom. The third-order valence-electron chi connectivity index (χ3n) is 5.98. The average molecular weight is 458 g/mol. The number of fused-ring (bicyclic) bond motifs is 1. The number of terminal acetylenes is 1. The summed E-state index contributed by atoms with van der Waals surface area (Å²) in [6.45, 7) is 5.68. The number of imidazole rings is 1. The average Bonchev–Trinajstić information content (AvgIpc) is 3.23. The fourth-order valence-corrected chi connectivity index (χ4v) is 3.80. The molecule has 9 heteroatoms. The van der Waals surface area contributed by atoms with E-state index in [0.29, 0.717) is 54.7 Å². The van der Waals surface area contributed by atoms with Crippen LogP contribution >= 0.6 is 0 Å². The van der Waals surface area contributed by atoms with Crippen molar-refractivity contribution in [3.8, 4) is 29.9 Å². The fraction of sp³-hybridized carbons (Fsp3) is 0.360. The number of nitrogens with two attached hydrogens (primary N) is 1. The molecule has 0 aliphatic carbocycles. The molecule has 174 valence electrons. The van der Waals surface area contributed by atoms with E-state index in [9.17, 15) is 4.79 Å². The number of nitrogens with one attached hydrogen (secondary N) is 1. The van der Waals surface area contributed by atoms with Crippen LogP contribution in [0.15, 0.2) is 24.5 Å². The van der Waals surface area contributed by atoms with E-state index in [4.69, 9.17) is 17.0 Å². The van der Waals surface area contributed by atoms with Crippen LogP contribution in [0.1, 0.15) is 36.2 Å². The van der Waals surface area contributed by atoms with Crippen LogP contribution in [0.3, 0.4) is 0 Å². The number of carbonyl (C=O) groups is 1. The van der Waals surface area contributed by atoms with Crippen LogP contribution in [0.25, 0.3) is 11.2 Å². The van der Waals surface area contributed by atoms with Gasteiger partial charge < -0.3 is 20.0 Å². The van der Waals surface area contributed by atoms with Gasteiger partial charge in [-0.3, -0.25) is 0 Å². The number of anilines is 1. The second kappa shape index (κ2) is 10.1. The van der Waals surface area contributed by atoms with E-state index in [1.807, 2.05) is 32.0 Å². The minimum Gasteiger partial charge on any atom is -0.382 e. The lowest BCUT2D eigenvalue weighted by Gasteiger charge is -2.30. The number of likely N-dealkylation sites (tertiary alicyclic amines) is 1. The number of carbonyl (C=O) groups excluding carboxylic acids is 1. The number of benzene rings is 1. The number of aromatic nitrogens is 4. The first-order valence-corrected chi connectivity index (χ1v) is 11.1. The molecular weight excluding hydrogens is 430 g/mol. The van der Waals surface area contributed by atoms with Crippen LogP contribution in [-0.2, 0) is 6.54 Å². The summed E-state index contributed by atoms with van der Waals surface area (Å²) in [5, 5.41) is 0. The molecular formula is C25H27N7O2. The molecule has 9 nitrogen and oxygen atoms in total. The van der Waals surface area contributed by atoms with Crippen molar-refractivity contribution in [2.24, 2.45) is 5.92 Å². The van der Waals surface area contributed by atoms with Crippen molar-refractivity contribution in [1.29, 1.82) is 0 Å². The van der Waals surface area contributed by atoms with Gasteiger partial charge >= 0.3 is 6.03 Å². The predicted molar refractivity (Wildman–Crippen MR) is 129 cm³/mol. The van der Waals surface area contributed by atoms with E-state index in [-0.39, 0.29) is 11.8 Å². The first-order chi connectivity index (χ1) is 16.4. The molecule has 0 atom stereocenters. The van der Waals surface area contributed by atoms with Crippen LogP contribution in [0.5, 0.6) is 5.75 Å². The Hall–Kier alpha value is -4.24. The molecule has 1 saturated heterocycles. The Morgan fingerprint density at radius 1 is 1.26 bits per heavy atom. The largest absolute Gasteiger partial charge is 0.382 e. The zero-order valence-corrected chi connectivity index (χ0v) is 19.3. The summed E-state index contributed by atoms with van der Waals surface area (Å²) in [4.78, 5) is 32.5. The van der Waals surface area contributed by atoms with Gasteiger partial charge in [-0.05, 0) is 61.8 Å². The fourth-order valence-electron chi connectivity index (χ4n) is 3.80. The summed E-state index contributed by atoms with van der Waals surface area (Å²) >= 11 is 0. The Morgan fingerprint density at radius 2 is 2.06 bits per heavy atom. The van der Waals surface area contributed by atoms with Gasteiger partial charge in [0.1, 0.15) is 5.52 Å². The molecule has 1 aliphatic rings. The first-order valence-electron chi connectivity index (χ1n) is 11.1. The molecule has 0 unspecified atom stereocenters. The number of nitrogens with zero attached hydrogens (tertiary/aromatic N) is 5. The maximum atomic E-state index is 12.4. The number of piperidine rings is 1. The number of rotatable bonds is 4. The molecule has 2 aromatic heterocycles. The van der Waals surface area contributed by atoms with Crippen LogP contribution in [-0.4, -0.2) is 43.5 Å². The summed E-state index contributed by atoms with van der Waals surface area (Å²) in [6.07, 6.45) is 9.42. The lowest BCUT2D eigenvalue weighted by atomic mass is 9.94. The van der Waals surface area contributed by atoms with Gasteiger partial charge in [0, 0.05) is 19.5 Å². The number of amides is 2. The molecule has 1 aliphatic heterocycles. The molecule has 3 heterocycles. The zero-order valence-electron chi connectivity index (χ0n) is 19.3. The summed E-state index contributed by atoms with van der Waals surface area (Å²) in [5.74, 6) is 10.4. The topological polar surface area (TPSA) is 111 Å². The molecule has 34 heavy (non-hydrogen) atoms. The highest BCUT2D eigenvalue weighted by atomic mass is 16.7. The second-order valence-electron chi connectivity index (χ2n) is 8.37. The maximum Gasteiger partial charge on any atom is 0.350 e. The van der Waals surface area contributed by atoms with Crippen molar-refractivity contribution < 1.29 is 9.63 Å². The Bertz CT molecular complexity index is 1300. The molecule has 0 spiro atoms. The van der Waals surface area contributed by atoms with Gasteiger partial charge in [0.25, 0.3) is 0 Å². The van der Waals surface area contributed by atoms with Crippen molar-refractivity contribution in [2.45, 2.75) is 39.7 Å². The van der Waals surface area contributed by atoms with Crippen molar-refractivity contribution in [3.05, 3.63) is 41.5 Å². The predicted octanol–water partition coefficient (Wildman–Crippen LogP) is 2.82. The van der Waals surface area contributed by atoms with Crippen molar-refractivity contribution in [1.82, 2.24) is 29.9 Å². The smallest absolute Gasteiger partial charge is 0.350 e. The van der Waals surface area contributed by atoms with Crippen LogP contribution < -0.4 is 16.1 Å². The monoisotopic (exact) mass is 457 g/mol. The van der Waals surface area contributed by atoms with Crippen LogP contribution in [0, 0.1) is 44.0 Å². The van der Waals surface area contributed by atoms with Gasteiger partial charge in [0.15, 0.2) is 17.2 Å². The second-order valence-corrected chi connectivity index (χ2v) is 8.37. The molecule has 2 amide bonds. The number of hydroxylamine groups is 1. The third kappa shape index (κ3) is 5.21. The minimum atomic E-state index is -0.233. The SMILES string of the molecule is C#CCn1cnc2c(N)nc(C#CCC3CCN(C(=O)NOc4ccc(C)c(C)c4)CC3)nc21. The number of nitrogen functional groups attached to an aromatic ring is 1. The van der Waals surface area contributed by atoms with E-state index < -0.39 is 0 Å². The summed E-state index contributed by atoms with van der Waals surface area (Å²) in [5.41, 5.74) is 11.9. The maximum absolute atomic E-state index is 12.4. The van der Waals surface area contributed by atoms with Gasteiger partial charge in [0.2, 0.25) is 5.82 Å². The van der Waals surface area contributed by atoms with E-state index >= 15 is 0 Å².